The van der Waals surface area contributed by atoms with Gasteiger partial charge in [0, 0.05) is 6.54 Å². The zero-order valence-electron chi connectivity index (χ0n) is 9.73. The first-order chi connectivity index (χ1) is 7.93. The second kappa shape index (κ2) is 8.54. The molecule has 0 aromatic rings. The average molecular weight is 246 g/mol. The maximum Gasteiger partial charge on any atom is 0.334 e. The van der Waals surface area contributed by atoms with Crippen LogP contribution in [0.5, 0.6) is 0 Å². The van der Waals surface area contributed by atoms with Gasteiger partial charge in [0.15, 0.2) is 6.10 Å². The molecule has 0 rings (SSSR count). The number of hydrogen-bond donors (Lipinski definition) is 4. The number of urea groups is 1. The quantitative estimate of drug-likeness (QED) is 0.335. The molecule has 4 N–H and O–H groups in total. The minimum atomic E-state index is -1.60. The molecule has 7 nitrogen and oxygen atoms in total. The van der Waals surface area contributed by atoms with Gasteiger partial charge in [0.2, 0.25) is 0 Å². The number of hydrogen-bond acceptors (Lipinski definition) is 4. The van der Waals surface area contributed by atoms with Gasteiger partial charge in [-0.15, -0.1) is 0 Å². The van der Waals surface area contributed by atoms with Crippen LogP contribution >= 0.6 is 0 Å². The van der Waals surface area contributed by atoms with E-state index in [0.29, 0.717) is 19.8 Å². The molecule has 1 atom stereocenters. The van der Waals surface area contributed by atoms with Crippen molar-refractivity contribution in [3.8, 4) is 0 Å². The molecule has 0 unspecified atom stereocenters. The van der Waals surface area contributed by atoms with Crippen molar-refractivity contribution in [2.45, 2.75) is 13.0 Å². The van der Waals surface area contributed by atoms with Crippen molar-refractivity contribution in [2.75, 3.05) is 26.3 Å². The molecule has 0 aromatic carbocycles. The van der Waals surface area contributed by atoms with Crippen molar-refractivity contribution in [1.82, 2.24) is 10.6 Å². The van der Waals surface area contributed by atoms with Gasteiger partial charge in [-0.25, -0.2) is 9.59 Å². The highest BCUT2D eigenvalue weighted by atomic mass is 16.5. The maximum absolute atomic E-state index is 11.1. The lowest BCUT2D eigenvalue weighted by atomic mass is 10.4. The number of aliphatic carboxylic acids is 1. The summed E-state index contributed by atoms with van der Waals surface area (Å²) in [6, 6.07) is -0.552. The van der Waals surface area contributed by atoms with E-state index in [9.17, 15) is 9.59 Å². The molecule has 0 saturated heterocycles. The zero-order valence-corrected chi connectivity index (χ0v) is 9.73. The fraction of sp³-hybridized carbons (Fsp3) is 0.600. The molecule has 98 valence electrons. The van der Waals surface area contributed by atoms with Crippen LogP contribution < -0.4 is 10.6 Å². The smallest absolute Gasteiger partial charge is 0.334 e. The summed E-state index contributed by atoms with van der Waals surface area (Å²) in [5, 5.41) is 21.9. The standard InChI is InChI=1S/C10H18N2O5/c1-7(2)6-17-4-3-11-10(16)12-5-8(13)9(14)15/h8,13H,1,3-6H2,2H3,(H,14,15)(H2,11,12,16)/t8-/m0/s1. The molecule has 0 aliphatic rings. The molecule has 0 spiro atoms. The molecule has 0 fully saturated rings. The number of aliphatic hydroxyl groups is 1. The van der Waals surface area contributed by atoms with Crippen LogP contribution in [-0.4, -0.2) is 54.6 Å². The van der Waals surface area contributed by atoms with E-state index >= 15 is 0 Å². The SMILES string of the molecule is C=C(C)COCCNC(=O)NC[C@H](O)C(=O)O. The zero-order chi connectivity index (χ0) is 13.3. The Morgan fingerprint density at radius 1 is 1.41 bits per heavy atom. The third-order valence-corrected chi connectivity index (χ3v) is 1.62. The second-order valence-corrected chi connectivity index (χ2v) is 3.50. The van der Waals surface area contributed by atoms with Crippen LogP contribution in [-0.2, 0) is 9.53 Å². The number of carboxylic acid groups (broad SMARTS) is 1. The van der Waals surface area contributed by atoms with E-state index in [1.54, 1.807) is 0 Å². The topological polar surface area (TPSA) is 108 Å². The monoisotopic (exact) mass is 246 g/mol. The summed E-state index contributed by atoms with van der Waals surface area (Å²) in [4.78, 5) is 21.3. The minimum absolute atomic E-state index is 0.294. The summed E-state index contributed by atoms with van der Waals surface area (Å²) >= 11 is 0. The van der Waals surface area contributed by atoms with Gasteiger partial charge in [-0.3, -0.25) is 0 Å². The van der Waals surface area contributed by atoms with Crippen LogP contribution in [0.4, 0.5) is 4.79 Å². The Morgan fingerprint density at radius 2 is 2.06 bits per heavy atom. The Hall–Kier alpha value is -1.60. The van der Waals surface area contributed by atoms with Crippen LogP contribution in [0.3, 0.4) is 0 Å². The van der Waals surface area contributed by atoms with Gasteiger partial charge in [-0.1, -0.05) is 12.2 Å². The average Bonchev–Trinajstić information content (AvgIpc) is 2.24. The number of carboxylic acids is 1. The Balaban J connectivity index is 3.47. The highest BCUT2D eigenvalue weighted by Crippen LogP contribution is 1.86. The lowest BCUT2D eigenvalue weighted by Crippen LogP contribution is -2.42. The van der Waals surface area contributed by atoms with Gasteiger partial charge < -0.3 is 25.6 Å². The van der Waals surface area contributed by atoms with E-state index in [2.05, 4.69) is 17.2 Å². The van der Waals surface area contributed by atoms with Crippen molar-refractivity contribution < 1.29 is 24.5 Å². The van der Waals surface area contributed by atoms with E-state index in [1.807, 2.05) is 6.92 Å². The first-order valence-electron chi connectivity index (χ1n) is 5.08. The predicted molar refractivity (Wildman–Crippen MR) is 60.7 cm³/mol. The van der Waals surface area contributed by atoms with Crippen molar-refractivity contribution in [1.29, 1.82) is 0 Å². The molecule has 0 bridgehead atoms. The van der Waals surface area contributed by atoms with Crippen molar-refractivity contribution in [3.05, 3.63) is 12.2 Å². The van der Waals surface area contributed by atoms with E-state index in [0.717, 1.165) is 5.57 Å². The number of amides is 2. The summed E-state index contributed by atoms with van der Waals surface area (Å²) in [6.45, 7) is 6.19. The van der Waals surface area contributed by atoms with E-state index in [4.69, 9.17) is 14.9 Å². The Bertz CT molecular complexity index is 280. The number of rotatable bonds is 8. The maximum atomic E-state index is 11.1. The van der Waals surface area contributed by atoms with Crippen LogP contribution in [0.2, 0.25) is 0 Å². The third kappa shape index (κ3) is 9.34. The molecular weight excluding hydrogens is 228 g/mol. The summed E-state index contributed by atoms with van der Waals surface area (Å²) < 4.78 is 5.12. The molecule has 2 amide bonds. The van der Waals surface area contributed by atoms with Crippen LogP contribution in [0.1, 0.15) is 6.92 Å². The first kappa shape index (κ1) is 15.4. The van der Waals surface area contributed by atoms with Gasteiger partial charge in [0.25, 0.3) is 0 Å². The fourth-order valence-corrected chi connectivity index (χ4v) is 0.822. The first-order valence-corrected chi connectivity index (χ1v) is 5.08. The number of aliphatic hydroxyl groups excluding tert-OH is 1. The molecule has 0 aliphatic heterocycles. The molecule has 7 heteroatoms. The van der Waals surface area contributed by atoms with Crippen molar-refractivity contribution >= 4 is 12.0 Å². The number of carbonyl (C=O) groups excluding carboxylic acids is 1. The van der Waals surface area contributed by atoms with Crippen LogP contribution in [0, 0.1) is 0 Å². The normalized spacial score (nSPS) is 11.6. The van der Waals surface area contributed by atoms with Crippen LogP contribution in [0.15, 0.2) is 12.2 Å². The Labute approximate surface area is 99.5 Å². The van der Waals surface area contributed by atoms with Gasteiger partial charge in [0.05, 0.1) is 19.8 Å². The highest BCUT2D eigenvalue weighted by Gasteiger charge is 2.13. The van der Waals surface area contributed by atoms with Gasteiger partial charge in [-0.05, 0) is 6.92 Å². The molecule has 0 radical (unpaired) electrons. The van der Waals surface area contributed by atoms with Gasteiger partial charge in [-0.2, -0.15) is 0 Å². The summed E-state index contributed by atoms with van der Waals surface area (Å²) in [5.41, 5.74) is 0.888. The minimum Gasteiger partial charge on any atom is -0.479 e. The molecular formula is C10H18N2O5. The number of ether oxygens (including phenoxy) is 1. The predicted octanol–water partition coefficient (Wildman–Crippen LogP) is -0.676. The van der Waals surface area contributed by atoms with Crippen molar-refractivity contribution in [3.63, 3.8) is 0 Å². The number of nitrogens with one attached hydrogen (secondary N) is 2. The molecule has 0 aromatic heterocycles. The van der Waals surface area contributed by atoms with Gasteiger partial charge >= 0.3 is 12.0 Å². The lowest BCUT2D eigenvalue weighted by Gasteiger charge is -2.09. The summed E-state index contributed by atoms with van der Waals surface area (Å²) in [6.07, 6.45) is -1.60. The lowest BCUT2D eigenvalue weighted by molar-refractivity contribution is -0.146. The molecule has 0 saturated carbocycles. The summed E-state index contributed by atoms with van der Waals surface area (Å²) in [5.74, 6) is -1.38. The summed E-state index contributed by atoms with van der Waals surface area (Å²) in [7, 11) is 0. The molecule has 17 heavy (non-hydrogen) atoms. The van der Waals surface area contributed by atoms with Gasteiger partial charge in [0.1, 0.15) is 0 Å². The van der Waals surface area contributed by atoms with Crippen LogP contribution in [0.25, 0.3) is 0 Å². The van der Waals surface area contributed by atoms with E-state index < -0.39 is 18.1 Å². The largest absolute Gasteiger partial charge is 0.479 e. The Kier molecular flexibility index (Phi) is 7.74. The Morgan fingerprint density at radius 3 is 2.59 bits per heavy atom. The van der Waals surface area contributed by atoms with Crippen molar-refractivity contribution in [2.24, 2.45) is 0 Å². The third-order valence-electron chi connectivity index (χ3n) is 1.62. The van der Waals surface area contributed by atoms with E-state index in [-0.39, 0.29) is 6.54 Å². The van der Waals surface area contributed by atoms with E-state index in [1.165, 1.54) is 0 Å². The fourth-order valence-electron chi connectivity index (χ4n) is 0.822. The highest BCUT2D eigenvalue weighted by molar-refractivity contribution is 5.76. The number of carbonyl (C=O) groups is 2. The molecule has 0 heterocycles. The second-order valence-electron chi connectivity index (χ2n) is 3.50. The molecule has 0 aliphatic carbocycles.